The van der Waals surface area contributed by atoms with Crippen LogP contribution < -0.4 is 0 Å². The van der Waals surface area contributed by atoms with Gasteiger partial charge in [-0.2, -0.15) is 5.26 Å². The van der Waals surface area contributed by atoms with Gasteiger partial charge in [-0.25, -0.2) is 4.39 Å². The Kier molecular flexibility index (Phi) is 3.32. The summed E-state index contributed by atoms with van der Waals surface area (Å²) in [6, 6.07) is 4.85. The Morgan fingerprint density at radius 3 is 2.71 bits per heavy atom. The largest absolute Gasteiger partial charge is 0.207 e. The molecule has 0 aromatic heterocycles. The van der Waals surface area contributed by atoms with Crippen LogP contribution in [-0.4, -0.2) is 0 Å². The number of allylic oxidation sites excluding steroid dienone is 1. The van der Waals surface area contributed by atoms with E-state index in [1.807, 2.05) is 13.0 Å². The summed E-state index contributed by atoms with van der Waals surface area (Å²) in [5.41, 5.74) is 0.911. The third-order valence-corrected chi connectivity index (χ3v) is 2.70. The maximum atomic E-state index is 13.3. The molecule has 0 aliphatic heterocycles. The highest BCUT2D eigenvalue weighted by Crippen LogP contribution is 2.30. The molecule has 0 spiro atoms. The second-order valence-corrected chi connectivity index (χ2v) is 4.34. The van der Waals surface area contributed by atoms with Gasteiger partial charge in [-0.05, 0) is 36.4 Å². The quantitative estimate of drug-likeness (QED) is 0.691. The fraction of sp³-hybridized carbons (Fsp3) is 0.182. The van der Waals surface area contributed by atoms with E-state index in [1.165, 1.54) is 17.8 Å². The van der Waals surface area contributed by atoms with Crippen LogP contribution in [-0.2, 0) is 0 Å². The summed E-state index contributed by atoms with van der Waals surface area (Å²) in [6.45, 7) is 7.28. The zero-order valence-corrected chi connectivity index (χ0v) is 8.91. The summed E-state index contributed by atoms with van der Waals surface area (Å²) in [5.74, 6) is -0.340. The fourth-order valence-corrected chi connectivity index (χ4v) is 1.82. The molecule has 0 amide bonds. The van der Waals surface area contributed by atoms with Crippen LogP contribution in [0.25, 0.3) is 0 Å². The van der Waals surface area contributed by atoms with Crippen molar-refractivity contribution in [3.63, 3.8) is 0 Å². The van der Waals surface area contributed by atoms with Crippen LogP contribution in [0.15, 0.2) is 28.5 Å². The Bertz CT molecular complexity index is 418. The van der Waals surface area contributed by atoms with E-state index in [4.69, 9.17) is 5.26 Å². The Hall–Kier alpha value is -1.27. The Morgan fingerprint density at radius 1 is 1.57 bits per heavy atom. The average Bonchev–Trinajstić information content (AvgIpc) is 2.11. The van der Waals surface area contributed by atoms with Gasteiger partial charge in [-0.15, -0.1) is 0 Å². The SMILES string of the molecule is C=C(C)Sc1cc(C#N)cc(F)c1C. The van der Waals surface area contributed by atoms with E-state index in [0.29, 0.717) is 11.1 Å². The lowest BCUT2D eigenvalue weighted by Gasteiger charge is -2.06. The van der Waals surface area contributed by atoms with Gasteiger partial charge in [0.25, 0.3) is 0 Å². The summed E-state index contributed by atoms with van der Waals surface area (Å²) < 4.78 is 13.3. The number of nitrogens with zero attached hydrogens (tertiary/aromatic N) is 1. The van der Waals surface area contributed by atoms with Crippen molar-refractivity contribution < 1.29 is 4.39 Å². The number of hydrogen-bond acceptors (Lipinski definition) is 2. The van der Waals surface area contributed by atoms with Crippen molar-refractivity contribution in [3.8, 4) is 6.07 Å². The molecule has 1 nitrogen and oxygen atoms in total. The highest BCUT2D eigenvalue weighted by atomic mass is 32.2. The van der Waals surface area contributed by atoms with E-state index in [1.54, 1.807) is 13.0 Å². The molecule has 0 radical (unpaired) electrons. The molecule has 0 bridgehead atoms. The van der Waals surface area contributed by atoms with Crippen LogP contribution in [0.1, 0.15) is 18.1 Å². The Labute approximate surface area is 87.2 Å². The summed E-state index contributed by atoms with van der Waals surface area (Å²) >= 11 is 1.38. The predicted molar refractivity (Wildman–Crippen MR) is 56.5 cm³/mol. The maximum Gasteiger partial charge on any atom is 0.128 e. The summed E-state index contributed by atoms with van der Waals surface area (Å²) in [5, 5.41) is 8.66. The first-order chi connectivity index (χ1) is 6.54. The van der Waals surface area contributed by atoms with Gasteiger partial charge >= 0.3 is 0 Å². The molecular weight excluding hydrogens is 197 g/mol. The summed E-state index contributed by atoms with van der Waals surface area (Å²) in [6.07, 6.45) is 0. The third kappa shape index (κ3) is 2.36. The number of nitriles is 1. The van der Waals surface area contributed by atoms with E-state index < -0.39 is 0 Å². The van der Waals surface area contributed by atoms with Crippen LogP contribution in [0.4, 0.5) is 4.39 Å². The average molecular weight is 207 g/mol. The van der Waals surface area contributed by atoms with Gasteiger partial charge in [0.2, 0.25) is 0 Å². The van der Waals surface area contributed by atoms with Crippen LogP contribution in [0, 0.1) is 24.1 Å². The van der Waals surface area contributed by atoms with Gasteiger partial charge in [-0.3, -0.25) is 0 Å². The molecule has 72 valence electrons. The van der Waals surface area contributed by atoms with Crippen LogP contribution in [0.2, 0.25) is 0 Å². The number of hydrogen-bond donors (Lipinski definition) is 0. The second kappa shape index (κ2) is 4.30. The van der Waals surface area contributed by atoms with Gasteiger partial charge in [0, 0.05) is 4.90 Å². The normalized spacial score (nSPS) is 9.57. The third-order valence-electron chi connectivity index (χ3n) is 1.71. The number of benzene rings is 1. The maximum absolute atomic E-state index is 13.3. The smallest absolute Gasteiger partial charge is 0.128 e. The lowest BCUT2D eigenvalue weighted by atomic mass is 10.1. The van der Waals surface area contributed by atoms with E-state index in [9.17, 15) is 4.39 Å². The molecule has 0 saturated carbocycles. The van der Waals surface area contributed by atoms with E-state index in [-0.39, 0.29) is 5.82 Å². The first kappa shape index (κ1) is 10.8. The van der Waals surface area contributed by atoms with Crippen molar-refractivity contribution in [2.75, 3.05) is 0 Å². The highest BCUT2D eigenvalue weighted by molar-refractivity contribution is 8.03. The second-order valence-electron chi connectivity index (χ2n) is 3.00. The minimum absolute atomic E-state index is 0.340. The number of rotatable bonds is 2. The van der Waals surface area contributed by atoms with Crippen molar-refractivity contribution in [1.82, 2.24) is 0 Å². The minimum Gasteiger partial charge on any atom is -0.207 e. The summed E-state index contributed by atoms with van der Waals surface area (Å²) in [4.78, 5) is 1.64. The summed E-state index contributed by atoms with van der Waals surface area (Å²) in [7, 11) is 0. The molecular formula is C11H10FNS. The van der Waals surface area contributed by atoms with Crippen molar-refractivity contribution in [3.05, 3.63) is 40.6 Å². The van der Waals surface area contributed by atoms with E-state index >= 15 is 0 Å². The molecule has 0 heterocycles. The molecule has 0 aliphatic carbocycles. The molecule has 1 aromatic carbocycles. The van der Waals surface area contributed by atoms with Crippen LogP contribution in [0.3, 0.4) is 0 Å². The van der Waals surface area contributed by atoms with Gasteiger partial charge in [0.1, 0.15) is 5.82 Å². The molecule has 0 saturated heterocycles. The molecule has 0 unspecified atom stereocenters. The van der Waals surface area contributed by atoms with Crippen LogP contribution in [0.5, 0.6) is 0 Å². The Balaban J connectivity index is 3.21. The van der Waals surface area contributed by atoms with Crippen molar-refractivity contribution >= 4 is 11.8 Å². The molecule has 0 N–H and O–H groups in total. The molecule has 1 aromatic rings. The van der Waals surface area contributed by atoms with Gasteiger partial charge in [0.15, 0.2) is 0 Å². The van der Waals surface area contributed by atoms with Crippen molar-refractivity contribution in [2.45, 2.75) is 18.7 Å². The minimum atomic E-state index is -0.340. The van der Waals surface area contributed by atoms with Gasteiger partial charge < -0.3 is 0 Å². The molecule has 0 aliphatic rings. The monoisotopic (exact) mass is 207 g/mol. The standard InChI is InChI=1S/C11H10FNS/c1-7(2)14-11-5-9(6-13)4-10(12)8(11)3/h4-5H,1H2,2-3H3. The highest BCUT2D eigenvalue weighted by Gasteiger charge is 2.07. The topological polar surface area (TPSA) is 23.8 Å². The molecule has 3 heteroatoms. The van der Waals surface area contributed by atoms with E-state index in [2.05, 4.69) is 6.58 Å². The molecule has 0 atom stereocenters. The molecule has 0 fully saturated rings. The lowest BCUT2D eigenvalue weighted by molar-refractivity contribution is 0.613. The predicted octanol–water partition coefficient (Wildman–Crippen LogP) is 3.63. The first-order valence-electron chi connectivity index (χ1n) is 4.08. The van der Waals surface area contributed by atoms with Crippen LogP contribution >= 0.6 is 11.8 Å². The molecule has 14 heavy (non-hydrogen) atoms. The van der Waals surface area contributed by atoms with Crippen molar-refractivity contribution in [2.24, 2.45) is 0 Å². The fourth-order valence-electron chi connectivity index (χ4n) is 1.01. The lowest BCUT2D eigenvalue weighted by Crippen LogP contribution is -1.88. The van der Waals surface area contributed by atoms with Gasteiger partial charge in [-0.1, -0.05) is 18.3 Å². The zero-order chi connectivity index (χ0) is 10.7. The number of halogens is 1. The first-order valence-corrected chi connectivity index (χ1v) is 4.90. The van der Waals surface area contributed by atoms with Gasteiger partial charge in [0.05, 0.1) is 11.6 Å². The number of thioether (sulfide) groups is 1. The van der Waals surface area contributed by atoms with E-state index in [0.717, 1.165) is 9.80 Å². The van der Waals surface area contributed by atoms with Crippen molar-refractivity contribution in [1.29, 1.82) is 5.26 Å². The Morgan fingerprint density at radius 2 is 2.21 bits per heavy atom. The molecule has 1 rings (SSSR count). The zero-order valence-electron chi connectivity index (χ0n) is 8.10.